The Morgan fingerprint density at radius 2 is 1.94 bits per heavy atom. The van der Waals surface area contributed by atoms with Crippen molar-refractivity contribution in [2.24, 2.45) is 0 Å². The predicted molar refractivity (Wildman–Crippen MR) is 102 cm³/mol. The summed E-state index contributed by atoms with van der Waals surface area (Å²) in [4.78, 5) is 32.1. The third-order valence-corrected chi connectivity index (χ3v) is 6.44. The first-order valence-electron chi connectivity index (χ1n) is 10.4. The minimum Gasteiger partial charge on any atom is -0.337 e. The van der Waals surface area contributed by atoms with E-state index >= 15 is 0 Å². The highest BCUT2D eigenvalue weighted by Crippen LogP contribution is 2.38. The standard InChI is InChI=1S/C21H21F3N4O3/c22-21(23,24)20-25-18(26-31-20)12-5-6-13-10-27(19(30)15(13)9-12)16-3-1-2-4-17(16)28(11-29)14-7-8-14/h5-6,9,11,14,16-17H,1-4,7-8,10H2/t16-,17-/m0/s1. The summed E-state index contributed by atoms with van der Waals surface area (Å²) in [5.41, 5.74) is 1.53. The lowest BCUT2D eigenvalue weighted by atomic mass is 9.88. The van der Waals surface area contributed by atoms with E-state index in [-0.39, 0.29) is 29.9 Å². The highest BCUT2D eigenvalue weighted by atomic mass is 19.4. The number of fused-ring (bicyclic) bond motifs is 1. The molecule has 7 nitrogen and oxygen atoms in total. The van der Waals surface area contributed by atoms with E-state index in [1.54, 1.807) is 12.1 Å². The van der Waals surface area contributed by atoms with Gasteiger partial charge in [-0.2, -0.15) is 18.2 Å². The minimum absolute atomic E-state index is 0.00281. The number of benzene rings is 1. The number of carbonyl (C=O) groups excluding carboxylic acids is 2. The summed E-state index contributed by atoms with van der Waals surface area (Å²) >= 11 is 0. The smallest absolute Gasteiger partial charge is 0.337 e. The van der Waals surface area contributed by atoms with Gasteiger partial charge >= 0.3 is 12.1 Å². The van der Waals surface area contributed by atoms with Gasteiger partial charge in [0.1, 0.15) is 0 Å². The van der Waals surface area contributed by atoms with E-state index in [1.807, 2.05) is 9.80 Å². The van der Waals surface area contributed by atoms with Crippen LogP contribution in [0.1, 0.15) is 60.3 Å². The number of hydrogen-bond acceptors (Lipinski definition) is 5. The molecule has 0 radical (unpaired) electrons. The second-order valence-electron chi connectivity index (χ2n) is 8.43. The Kier molecular flexibility index (Phi) is 4.75. The van der Waals surface area contributed by atoms with Crippen molar-refractivity contribution < 1.29 is 27.3 Å². The lowest BCUT2D eigenvalue weighted by Gasteiger charge is -2.42. The van der Waals surface area contributed by atoms with E-state index in [2.05, 4.69) is 14.7 Å². The van der Waals surface area contributed by atoms with Crippen molar-refractivity contribution in [1.82, 2.24) is 19.9 Å². The van der Waals surface area contributed by atoms with Crippen LogP contribution in [0.3, 0.4) is 0 Å². The monoisotopic (exact) mass is 434 g/mol. The van der Waals surface area contributed by atoms with E-state index in [1.165, 1.54) is 6.07 Å². The molecule has 10 heteroatoms. The molecule has 0 saturated heterocycles. The van der Waals surface area contributed by atoms with Crippen LogP contribution in [0.5, 0.6) is 0 Å². The third kappa shape index (κ3) is 3.57. The zero-order valence-electron chi connectivity index (χ0n) is 16.6. The molecule has 1 aliphatic heterocycles. The van der Waals surface area contributed by atoms with Gasteiger partial charge in [-0.25, -0.2) is 0 Å². The van der Waals surface area contributed by atoms with E-state index < -0.39 is 12.1 Å². The van der Waals surface area contributed by atoms with Crippen molar-refractivity contribution in [3.8, 4) is 11.4 Å². The van der Waals surface area contributed by atoms with Gasteiger partial charge in [0.2, 0.25) is 12.2 Å². The van der Waals surface area contributed by atoms with Gasteiger partial charge in [0.15, 0.2) is 0 Å². The molecular weight excluding hydrogens is 413 g/mol. The topological polar surface area (TPSA) is 79.5 Å². The van der Waals surface area contributed by atoms with Crippen molar-refractivity contribution in [3.05, 3.63) is 35.2 Å². The summed E-state index contributed by atoms with van der Waals surface area (Å²) in [6.45, 7) is 0.424. The van der Waals surface area contributed by atoms with Crippen LogP contribution in [0.15, 0.2) is 22.7 Å². The van der Waals surface area contributed by atoms with E-state index in [4.69, 9.17) is 0 Å². The SMILES string of the molecule is O=CN(C1CC1)[C@H]1CCCC[C@@H]1N1Cc2ccc(-c3noc(C(F)(F)F)n3)cc2C1=O. The first-order chi connectivity index (χ1) is 14.9. The average Bonchev–Trinajstić information content (AvgIpc) is 3.34. The largest absolute Gasteiger partial charge is 0.471 e. The van der Waals surface area contributed by atoms with Crippen LogP contribution in [-0.4, -0.2) is 50.4 Å². The molecule has 2 amide bonds. The summed E-state index contributed by atoms with van der Waals surface area (Å²) < 4.78 is 42.6. The van der Waals surface area contributed by atoms with Crippen LogP contribution in [0.25, 0.3) is 11.4 Å². The van der Waals surface area contributed by atoms with Gasteiger partial charge < -0.3 is 14.3 Å². The van der Waals surface area contributed by atoms with E-state index in [0.717, 1.165) is 50.5 Å². The van der Waals surface area contributed by atoms with Gasteiger partial charge in [-0.05, 0) is 37.3 Å². The number of amides is 2. The fraction of sp³-hybridized carbons (Fsp3) is 0.524. The lowest BCUT2D eigenvalue weighted by molar-refractivity contribution is -0.159. The normalized spacial score (nSPS) is 23.7. The van der Waals surface area contributed by atoms with Gasteiger partial charge in [0.25, 0.3) is 5.91 Å². The Morgan fingerprint density at radius 3 is 2.61 bits per heavy atom. The second kappa shape index (κ2) is 7.35. The molecule has 0 bridgehead atoms. The molecule has 2 atom stereocenters. The van der Waals surface area contributed by atoms with Crippen molar-refractivity contribution in [1.29, 1.82) is 0 Å². The molecule has 3 aliphatic rings. The summed E-state index contributed by atoms with van der Waals surface area (Å²) in [7, 11) is 0. The molecule has 2 saturated carbocycles. The summed E-state index contributed by atoms with van der Waals surface area (Å²) in [5.74, 6) is -1.80. The number of rotatable bonds is 5. The van der Waals surface area contributed by atoms with Gasteiger partial charge in [0.05, 0.1) is 12.1 Å². The van der Waals surface area contributed by atoms with Crippen LogP contribution < -0.4 is 0 Å². The highest BCUT2D eigenvalue weighted by Gasteiger charge is 2.44. The number of hydrogen-bond donors (Lipinski definition) is 0. The molecular formula is C21H21F3N4O3. The van der Waals surface area contributed by atoms with Crippen LogP contribution in [0, 0.1) is 0 Å². The number of nitrogens with zero attached hydrogens (tertiary/aromatic N) is 4. The van der Waals surface area contributed by atoms with E-state index in [9.17, 15) is 22.8 Å². The van der Waals surface area contributed by atoms with Crippen molar-refractivity contribution >= 4 is 12.3 Å². The highest BCUT2D eigenvalue weighted by molar-refractivity contribution is 5.99. The molecule has 2 fully saturated rings. The van der Waals surface area contributed by atoms with Crippen LogP contribution in [0.2, 0.25) is 0 Å². The fourth-order valence-electron chi connectivity index (χ4n) is 4.80. The molecule has 0 spiro atoms. The first kappa shape index (κ1) is 20.0. The summed E-state index contributed by atoms with van der Waals surface area (Å²) in [6.07, 6.45) is 1.91. The van der Waals surface area contributed by atoms with Crippen molar-refractivity contribution in [2.75, 3.05) is 0 Å². The molecule has 5 rings (SSSR count). The maximum absolute atomic E-state index is 13.3. The third-order valence-electron chi connectivity index (χ3n) is 6.44. The lowest BCUT2D eigenvalue weighted by Crippen LogP contribution is -2.53. The Hall–Kier alpha value is -2.91. The number of aromatic nitrogens is 2. The quantitative estimate of drug-likeness (QED) is 0.672. The first-order valence-corrected chi connectivity index (χ1v) is 10.4. The number of carbonyl (C=O) groups is 2. The molecule has 2 aliphatic carbocycles. The Bertz CT molecular complexity index is 1020. The maximum Gasteiger partial charge on any atom is 0.471 e. The second-order valence-corrected chi connectivity index (χ2v) is 8.43. The van der Waals surface area contributed by atoms with Gasteiger partial charge in [0, 0.05) is 23.7 Å². The summed E-state index contributed by atoms with van der Waals surface area (Å²) in [5, 5.41) is 3.41. The van der Waals surface area contributed by atoms with Gasteiger partial charge in [-0.3, -0.25) is 9.59 Å². The van der Waals surface area contributed by atoms with Crippen LogP contribution >= 0.6 is 0 Å². The molecule has 31 heavy (non-hydrogen) atoms. The molecule has 1 aromatic heterocycles. The maximum atomic E-state index is 13.3. The zero-order chi connectivity index (χ0) is 21.8. The molecule has 2 heterocycles. The zero-order valence-corrected chi connectivity index (χ0v) is 16.6. The van der Waals surface area contributed by atoms with Gasteiger partial charge in [-0.1, -0.05) is 30.1 Å². The van der Waals surface area contributed by atoms with Gasteiger partial charge in [-0.15, -0.1) is 0 Å². The van der Waals surface area contributed by atoms with Crippen LogP contribution in [-0.2, 0) is 17.5 Å². The Balaban J connectivity index is 1.41. The fourth-order valence-corrected chi connectivity index (χ4v) is 4.80. The summed E-state index contributed by atoms with van der Waals surface area (Å²) in [6, 6.07) is 5.06. The van der Waals surface area contributed by atoms with Crippen molar-refractivity contribution in [3.63, 3.8) is 0 Å². The number of halogens is 3. The van der Waals surface area contributed by atoms with Crippen molar-refractivity contribution in [2.45, 2.75) is 69.4 Å². The Morgan fingerprint density at radius 1 is 1.16 bits per heavy atom. The predicted octanol–water partition coefficient (Wildman–Crippen LogP) is 3.64. The molecule has 0 unspecified atom stereocenters. The average molecular weight is 434 g/mol. The molecule has 1 aromatic carbocycles. The molecule has 2 aromatic rings. The number of alkyl halides is 3. The molecule has 0 N–H and O–H groups in total. The minimum atomic E-state index is -4.73. The van der Waals surface area contributed by atoms with E-state index in [0.29, 0.717) is 17.7 Å². The molecule has 164 valence electrons. The van der Waals surface area contributed by atoms with Crippen LogP contribution in [0.4, 0.5) is 13.2 Å². The Labute approximate surface area is 176 Å².